The van der Waals surface area contributed by atoms with Crippen LogP contribution in [-0.4, -0.2) is 30.3 Å². The molecule has 0 atom stereocenters. The van der Waals surface area contributed by atoms with Gasteiger partial charge in [-0.05, 0) is 57.3 Å². The predicted molar refractivity (Wildman–Crippen MR) is 86.6 cm³/mol. The van der Waals surface area contributed by atoms with Gasteiger partial charge >= 0.3 is 0 Å². The standard InChI is InChI=1S/C19H25NO/c1-15(2)9-12-20-13-10-19(11-14-20)17-6-4-3-5-16(17)7-8-18(19)21/h3-6,9H,7-8,10-14H2,1-2H3. The Bertz CT molecular complexity index is 561. The van der Waals surface area contributed by atoms with Crippen LogP contribution in [-0.2, 0) is 16.6 Å². The number of piperidine rings is 1. The summed E-state index contributed by atoms with van der Waals surface area (Å²) in [5, 5.41) is 0. The summed E-state index contributed by atoms with van der Waals surface area (Å²) < 4.78 is 0. The fourth-order valence-corrected chi connectivity index (χ4v) is 3.82. The molecule has 3 rings (SSSR count). The van der Waals surface area contributed by atoms with Crippen molar-refractivity contribution >= 4 is 5.78 Å². The lowest BCUT2D eigenvalue weighted by Crippen LogP contribution is -2.49. The van der Waals surface area contributed by atoms with E-state index in [-0.39, 0.29) is 5.41 Å². The molecule has 1 fully saturated rings. The SMILES string of the molecule is CC(C)=CCN1CCC2(CC1)C(=O)CCc1ccccc12. The van der Waals surface area contributed by atoms with Crippen molar-refractivity contribution in [3.63, 3.8) is 0 Å². The Kier molecular flexibility index (Phi) is 3.99. The van der Waals surface area contributed by atoms with Gasteiger partial charge in [0.15, 0.2) is 0 Å². The van der Waals surface area contributed by atoms with E-state index in [9.17, 15) is 4.79 Å². The lowest BCUT2D eigenvalue weighted by molar-refractivity contribution is -0.127. The van der Waals surface area contributed by atoms with Gasteiger partial charge in [-0.2, -0.15) is 0 Å². The second-order valence-electron chi connectivity index (χ2n) is 6.74. The lowest BCUT2D eigenvalue weighted by Gasteiger charge is -2.44. The zero-order valence-corrected chi connectivity index (χ0v) is 13.2. The Morgan fingerprint density at radius 2 is 1.90 bits per heavy atom. The van der Waals surface area contributed by atoms with Crippen LogP contribution in [0, 0.1) is 0 Å². The Hall–Kier alpha value is -1.41. The van der Waals surface area contributed by atoms with E-state index in [2.05, 4.69) is 49.1 Å². The summed E-state index contributed by atoms with van der Waals surface area (Å²) in [6.45, 7) is 7.38. The summed E-state index contributed by atoms with van der Waals surface area (Å²) >= 11 is 0. The molecule has 1 aromatic rings. The van der Waals surface area contributed by atoms with Gasteiger partial charge in [-0.15, -0.1) is 0 Å². The van der Waals surface area contributed by atoms with Crippen LogP contribution in [0.1, 0.15) is 44.2 Å². The number of ketones is 1. The molecule has 2 aliphatic rings. The molecule has 2 nitrogen and oxygen atoms in total. The number of fused-ring (bicyclic) bond motifs is 2. The third-order valence-corrected chi connectivity index (χ3v) is 5.16. The number of nitrogens with zero attached hydrogens (tertiary/aromatic N) is 1. The van der Waals surface area contributed by atoms with Crippen molar-refractivity contribution in [2.75, 3.05) is 19.6 Å². The Balaban J connectivity index is 1.80. The van der Waals surface area contributed by atoms with Crippen molar-refractivity contribution in [2.45, 2.75) is 44.9 Å². The maximum Gasteiger partial charge on any atom is 0.143 e. The van der Waals surface area contributed by atoms with Crippen molar-refractivity contribution in [3.8, 4) is 0 Å². The van der Waals surface area contributed by atoms with Gasteiger partial charge in [0.1, 0.15) is 5.78 Å². The number of likely N-dealkylation sites (tertiary alicyclic amines) is 1. The normalized spacial score (nSPS) is 21.1. The minimum Gasteiger partial charge on any atom is -0.300 e. The van der Waals surface area contributed by atoms with Crippen molar-refractivity contribution in [3.05, 3.63) is 47.0 Å². The molecule has 0 amide bonds. The lowest BCUT2D eigenvalue weighted by atomic mass is 9.64. The maximum atomic E-state index is 12.7. The van der Waals surface area contributed by atoms with Crippen LogP contribution in [0.5, 0.6) is 0 Å². The van der Waals surface area contributed by atoms with Gasteiger partial charge in [0.05, 0.1) is 5.41 Å². The van der Waals surface area contributed by atoms with Gasteiger partial charge in [0, 0.05) is 13.0 Å². The molecule has 0 saturated carbocycles. The summed E-state index contributed by atoms with van der Waals surface area (Å²) in [6, 6.07) is 8.60. The minimum absolute atomic E-state index is 0.184. The van der Waals surface area contributed by atoms with E-state index < -0.39 is 0 Å². The van der Waals surface area contributed by atoms with Gasteiger partial charge in [0.25, 0.3) is 0 Å². The van der Waals surface area contributed by atoms with E-state index >= 15 is 0 Å². The molecule has 0 unspecified atom stereocenters. The highest BCUT2D eigenvalue weighted by atomic mass is 16.1. The summed E-state index contributed by atoms with van der Waals surface area (Å²) in [5.74, 6) is 0.475. The Morgan fingerprint density at radius 3 is 2.62 bits per heavy atom. The predicted octanol–water partition coefficient (Wildman–Crippen LogP) is 3.50. The van der Waals surface area contributed by atoms with Crippen molar-refractivity contribution in [2.24, 2.45) is 0 Å². The number of Topliss-reactive ketones (excluding diaryl/α,β-unsaturated/α-hetero) is 1. The number of benzene rings is 1. The van der Waals surface area contributed by atoms with Crippen molar-refractivity contribution in [1.82, 2.24) is 4.90 Å². The number of aryl methyl sites for hydroxylation is 1. The molecule has 1 aliphatic heterocycles. The Labute approximate surface area is 127 Å². The molecule has 0 bridgehead atoms. The van der Waals surface area contributed by atoms with Crippen LogP contribution in [0.3, 0.4) is 0 Å². The molecule has 112 valence electrons. The van der Waals surface area contributed by atoms with Gasteiger partial charge in [-0.25, -0.2) is 0 Å². The van der Waals surface area contributed by atoms with E-state index in [0.29, 0.717) is 5.78 Å². The largest absolute Gasteiger partial charge is 0.300 e. The van der Waals surface area contributed by atoms with E-state index in [1.165, 1.54) is 16.7 Å². The van der Waals surface area contributed by atoms with Gasteiger partial charge in [0.2, 0.25) is 0 Å². The number of carbonyl (C=O) groups excluding carboxylic acids is 1. The zero-order chi connectivity index (χ0) is 14.9. The summed E-state index contributed by atoms with van der Waals surface area (Å²) in [7, 11) is 0. The maximum absolute atomic E-state index is 12.7. The molecule has 21 heavy (non-hydrogen) atoms. The third kappa shape index (κ3) is 2.69. The zero-order valence-electron chi connectivity index (χ0n) is 13.2. The molecular weight excluding hydrogens is 258 g/mol. The average molecular weight is 283 g/mol. The first-order chi connectivity index (χ1) is 10.1. The molecule has 0 aromatic heterocycles. The highest BCUT2D eigenvalue weighted by molar-refractivity contribution is 5.92. The van der Waals surface area contributed by atoms with Crippen molar-refractivity contribution < 1.29 is 4.79 Å². The first-order valence-corrected chi connectivity index (χ1v) is 8.09. The monoisotopic (exact) mass is 283 g/mol. The number of allylic oxidation sites excluding steroid dienone is 1. The highest BCUT2D eigenvalue weighted by Crippen LogP contribution is 2.42. The van der Waals surface area contributed by atoms with Crippen LogP contribution in [0.25, 0.3) is 0 Å². The third-order valence-electron chi connectivity index (χ3n) is 5.16. The molecule has 1 saturated heterocycles. The number of carbonyl (C=O) groups is 1. The summed E-state index contributed by atoms with van der Waals surface area (Å²) in [5.41, 5.74) is 3.91. The summed E-state index contributed by atoms with van der Waals surface area (Å²) in [6.07, 6.45) is 5.91. The topological polar surface area (TPSA) is 20.3 Å². The smallest absolute Gasteiger partial charge is 0.143 e. The average Bonchev–Trinajstić information content (AvgIpc) is 2.50. The molecule has 1 spiro atoms. The molecule has 0 N–H and O–H groups in total. The van der Waals surface area contributed by atoms with E-state index in [0.717, 1.165) is 45.3 Å². The second kappa shape index (κ2) is 5.76. The number of rotatable bonds is 2. The number of hydrogen-bond donors (Lipinski definition) is 0. The molecular formula is C19H25NO. The summed E-state index contributed by atoms with van der Waals surface area (Å²) in [4.78, 5) is 15.2. The second-order valence-corrected chi connectivity index (χ2v) is 6.74. The van der Waals surface area contributed by atoms with Crippen LogP contribution < -0.4 is 0 Å². The molecule has 0 radical (unpaired) electrons. The van der Waals surface area contributed by atoms with E-state index in [1.54, 1.807) is 0 Å². The highest BCUT2D eigenvalue weighted by Gasteiger charge is 2.45. The molecule has 1 aliphatic carbocycles. The van der Waals surface area contributed by atoms with Crippen LogP contribution in [0.4, 0.5) is 0 Å². The fraction of sp³-hybridized carbons (Fsp3) is 0.526. The molecule has 1 heterocycles. The molecule has 2 heteroatoms. The van der Waals surface area contributed by atoms with Crippen LogP contribution in [0.2, 0.25) is 0 Å². The van der Waals surface area contributed by atoms with Gasteiger partial charge in [-0.1, -0.05) is 35.9 Å². The molecule has 1 aromatic carbocycles. The Morgan fingerprint density at radius 1 is 1.19 bits per heavy atom. The quantitative estimate of drug-likeness (QED) is 0.774. The van der Waals surface area contributed by atoms with Crippen LogP contribution in [0.15, 0.2) is 35.9 Å². The first kappa shape index (κ1) is 14.5. The number of hydrogen-bond acceptors (Lipinski definition) is 2. The van der Waals surface area contributed by atoms with Gasteiger partial charge in [-0.3, -0.25) is 9.69 Å². The van der Waals surface area contributed by atoms with Gasteiger partial charge < -0.3 is 0 Å². The fourth-order valence-electron chi connectivity index (χ4n) is 3.82. The van der Waals surface area contributed by atoms with E-state index in [1.807, 2.05) is 0 Å². The van der Waals surface area contributed by atoms with E-state index in [4.69, 9.17) is 0 Å². The van der Waals surface area contributed by atoms with Crippen LogP contribution >= 0.6 is 0 Å². The van der Waals surface area contributed by atoms with Crippen molar-refractivity contribution in [1.29, 1.82) is 0 Å². The first-order valence-electron chi connectivity index (χ1n) is 8.09. The minimum atomic E-state index is -0.184.